The third-order valence-electron chi connectivity index (χ3n) is 4.43. The smallest absolute Gasteiger partial charge is 0.343 e. The molecule has 24 heavy (non-hydrogen) atoms. The van der Waals surface area contributed by atoms with Crippen LogP contribution in [0.15, 0.2) is 24.4 Å². The van der Waals surface area contributed by atoms with Crippen LogP contribution in [-0.2, 0) is 11.3 Å². The van der Waals surface area contributed by atoms with Gasteiger partial charge in [-0.25, -0.2) is 0 Å². The highest BCUT2D eigenvalue weighted by Gasteiger charge is 2.30. The zero-order chi connectivity index (χ0) is 17.6. The zero-order valence-electron chi connectivity index (χ0n) is 13.9. The average Bonchev–Trinajstić information content (AvgIpc) is 2.79. The van der Waals surface area contributed by atoms with Crippen LogP contribution in [-0.4, -0.2) is 53.0 Å². The van der Waals surface area contributed by atoms with Crippen molar-refractivity contribution in [1.82, 2.24) is 14.8 Å². The lowest BCUT2D eigenvalue weighted by Gasteiger charge is -2.27. The van der Waals surface area contributed by atoms with E-state index in [9.17, 15) is 18.0 Å². The molecule has 1 aliphatic rings. The second-order valence-electron chi connectivity index (χ2n) is 6.32. The maximum atomic E-state index is 12.3. The number of likely N-dealkylation sites (tertiary alicyclic amines) is 1. The SMILES string of the molecule is CN(Cc1ccccn1)C1CCCN(C(=O)CCC(F)(F)F)CC1. The van der Waals surface area contributed by atoms with E-state index in [-0.39, 0.29) is 5.91 Å². The second kappa shape index (κ2) is 8.46. The summed E-state index contributed by atoms with van der Waals surface area (Å²) < 4.78 is 36.8. The minimum absolute atomic E-state index is 0.312. The van der Waals surface area contributed by atoms with Gasteiger partial charge in [-0.3, -0.25) is 14.7 Å². The quantitative estimate of drug-likeness (QED) is 0.824. The minimum Gasteiger partial charge on any atom is -0.343 e. The monoisotopic (exact) mass is 343 g/mol. The average molecular weight is 343 g/mol. The van der Waals surface area contributed by atoms with E-state index in [1.807, 2.05) is 25.2 Å². The van der Waals surface area contributed by atoms with Gasteiger partial charge in [-0.1, -0.05) is 6.07 Å². The molecule has 2 heterocycles. The molecule has 0 spiro atoms. The Hall–Kier alpha value is -1.63. The van der Waals surface area contributed by atoms with Crippen LogP contribution >= 0.6 is 0 Å². The molecule has 1 unspecified atom stereocenters. The maximum Gasteiger partial charge on any atom is 0.389 e. The Balaban J connectivity index is 1.82. The fraction of sp³-hybridized carbons (Fsp3) is 0.647. The summed E-state index contributed by atoms with van der Waals surface area (Å²) in [6.07, 6.45) is -1.46. The first kappa shape index (κ1) is 18.7. The Bertz CT molecular complexity index is 522. The van der Waals surface area contributed by atoms with Gasteiger partial charge in [-0.15, -0.1) is 0 Å². The third-order valence-corrected chi connectivity index (χ3v) is 4.43. The number of halogens is 3. The molecule has 0 aromatic carbocycles. The van der Waals surface area contributed by atoms with Crippen LogP contribution in [0, 0.1) is 0 Å². The number of hydrogen-bond acceptors (Lipinski definition) is 3. The maximum absolute atomic E-state index is 12.3. The molecule has 0 radical (unpaired) electrons. The molecule has 1 aromatic rings. The Morgan fingerprint density at radius 3 is 2.79 bits per heavy atom. The van der Waals surface area contributed by atoms with Crippen molar-refractivity contribution in [2.24, 2.45) is 0 Å². The van der Waals surface area contributed by atoms with E-state index in [2.05, 4.69) is 9.88 Å². The predicted molar refractivity (Wildman–Crippen MR) is 85.2 cm³/mol. The molecule has 4 nitrogen and oxygen atoms in total. The van der Waals surface area contributed by atoms with Gasteiger partial charge >= 0.3 is 6.18 Å². The van der Waals surface area contributed by atoms with Crippen LogP contribution < -0.4 is 0 Å². The third kappa shape index (κ3) is 6.11. The number of carbonyl (C=O) groups is 1. The number of pyridine rings is 1. The van der Waals surface area contributed by atoms with E-state index in [4.69, 9.17) is 0 Å². The highest BCUT2D eigenvalue weighted by molar-refractivity contribution is 5.76. The molecule has 0 saturated carbocycles. The molecule has 1 amide bonds. The molecule has 134 valence electrons. The van der Waals surface area contributed by atoms with Crippen LogP contribution in [0.2, 0.25) is 0 Å². The van der Waals surface area contributed by atoms with Crippen molar-refractivity contribution in [2.45, 2.75) is 50.9 Å². The molecule has 1 aromatic heterocycles. The second-order valence-corrected chi connectivity index (χ2v) is 6.32. The number of nitrogens with zero attached hydrogens (tertiary/aromatic N) is 3. The van der Waals surface area contributed by atoms with Crippen LogP contribution in [0.25, 0.3) is 0 Å². The molecule has 1 atom stereocenters. The molecule has 1 aliphatic heterocycles. The summed E-state index contributed by atoms with van der Waals surface area (Å²) in [5, 5.41) is 0. The molecule has 0 N–H and O–H groups in total. The minimum atomic E-state index is -4.27. The number of alkyl halides is 3. The number of aromatic nitrogens is 1. The van der Waals surface area contributed by atoms with E-state index in [1.165, 1.54) is 0 Å². The van der Waals surface area contributed by atoms with Gasteiger partial charge < -0.3 is 4.90 Å². The number of carbonyl (C=O) groups excluding carboxylic acids is 1. The molecule has 7 heteroatoms. The summed E-state index contributed by atoms with van der Waals surface area (Å²) in [5.41, 5.74) is 0.988. The lowest BCUT2D eigenvalue weighted by Crippen LogP contribution is -2.35. The first-order valence-corrected chi connectivity index (χ1v) is 8.30. The summed E-state index contributed by atoms with van der Waals surface area (Å²) in [6, 6.07) is 6.11. The lowest BCUT2D eigenvalue weighted by molar-refractivity contribution is -0.149. The Labute approximate surface area is 140 Å². The van der Waals surface area contributed by atoms with E-state index < -0.39 is 19.0 Å². The zero-order valence-corrected chi connectivity index (χ0v) is 13.9. The molecular formula is C17H24F3N3O. The molecular weight excluding hydrogens is 319 g/mol. The lowest BCUT2D eigenvalue weighted by atomic mass is 10.1. The Morgan fingerprint density at radius 1 is 1.33 bits per heavy atom. The van der Waals surface area contributed by atoms with Gasteiger partial charge in [0.15, 0.2) is 0 Å². The van der Waals surface area contributed by atoms with Crippen LogP contribution in [0.4, 0.5) is 13.2 Å². The van der Waals surface area contributed by atoms with Crippen LogP contribution in [0.3, 0.4) is 0 Å². The van der Waals surface area contributed by atoms with Gasteiger partial charge in [0.05, 0.1) is 12.1 Å². The molecule has 1 saturated heterocycles. The van der Waals surface area contributed by atoms with Gasteiger partial charge in [0.25, 0.3) is 0 Å². The van der Waals surface area contributed by atoms with Gasteiger partial charge in [-0.05, 0) is 38.4 Å². The highest BCUT2D eigenvalue weighted by Crippen LogP contribution is 2.23. The van der Waals surface area contributed by atoms with Crippen LogP contribution in [0.1, 0.15) is 37.8 Å². The van der Waals surface area contributed by atoms with Crippen LogP contribution in [0.5, 0.6) is 0 Å². The summed E-state index contributed by atoms with van der Waals surface area (Å²) in [4.78, 5) is 20.1. The topological polar surface area (TPSA) is 36.4 Å². The first-order chi connectivity index (χ1) is 11.3. The van der Waals surface area contributed by atoms with E-state index in [0.717, 1.165) is 31.5 Å². The van der Waals surface area contributed by atoms with Gasteiger partial charge in [0.1, 0.15) is 0 Å². The summed E-state index contributed by atoms with van der Waals surface area (Å²) in [7, 11) is 2.03. The Morgan fingerprint density at radius 2 is 2.12 bits per heavy atom. The van der Waals surface area contributed by atoms with Gasteiger partial charge in [0.2, 0.25) is 5.91 Å². The standard InChI is InChI=1S/C17H24F3N3O/c1-22(13-14-5-2-3-10-21-14)15-6-4-11-23(12-8-15)16(24)7-9-17(18,19)20/h2-3,5,10,15H,4,6-9,11-13H2,1H3. The van der Waals surface area contributed by atoms with Crippen molar-refractivity contribution in [3.05, 3.63) is 30.1 Å². The summed E-state index contributed by atoms with van der Waals surface area (Å²) >= 11 is 0. The highest BCUT2D eigenvalue weighted by atomic mass is 19.4. The summed E-state index contributed by atoms with van der Waals surface area (Å²) in [5.74, 6) is -0.389. The number of hydrogen-bond donors (Lipinski definition) is 0. The van der Waals surface area contributed by atoms with Crippen molar-refractivity contribution in [3.8, 4) is 0 Å². The van der Waals surface area contributed by atoms with E-state index >= 15 is 0 Å². The molecule has 2 rings (SSSR count). The molecule has 0 aliphatic carbocycles. The molecule has 1 fully saturated rings. The normalized spacial score (nSPS) is 19.4. The first-order valence-electron chi connectivity index (χ1n) is 8.30. The van der Waals surface area contributed by atoms with Crippen molar-refractivity contribution >= 4 is 5.91 Å². The fourth-order valence-corrected chi connectivity index (χ4v) is 3.05. The predicted octanol–water partition coefficient (Wildman–Crippen LogP) is 3.24. The van der Waals surface area contributed by atoms with Gasteiger partial charge in [-0.2, -0.15) is 13.2 Å². The molecule has 0 bridgehead atoms. The largest absolute Gasteiger partial charge is 0.389 e. The fourth-order valence-electron chi connectivity index (χ4n) is 3.05. The van der Waals surface area contributed by atoms with Crippen molar-refractivity contribution < 1.29 is 18.0 Å². The van der Waals surface area contributed by atoms with Crippen molar-refractivity contribution in [2.75, 3.05) is 20.1 Å². The van der Waals surface area contributed by atoms with Gasteiger partial charge in [0, 0.05) is 38.3 Å². The number of rotatable bonds is 5. The van der Waals surface area contributed by atoms with E-state index in [1.54, 1.807) is 11.1 Å². The van der Waals surface area contributed by atoms with Crippen molar-refractivity contribution in [1.29, 1.82) is 0 Å². The Kier molecular flexibility index (Phi) is 6.60. The van der Waals surface area contributed by atoms with Crippen molar-refractivity contribution in [3.63, 3.8) is 0 Å². The van der Waals surface area contributed by atoms with E-state index in [0.29, 0.717) is 19.1 Å². The number of amides is 1. The summed E-state index contributed by atoms with van der Waals surface area (Å²) in [6.45, 7) is 1.80.